The summed E-state index contributed by atoms with van der Waals surface area (Å²) in [6.45, 7) is 2.61. The normalized spacial score (nSPS) is 27.8. The quantitative estimate of drug-likeness (QED) is 0.907. The molecule has 108 valence electrons. The van der Waals surface area contributed by atoms with Gasteiger partial charge in [0.1, 0.15) is 0 Å². The van der Waals surface area contributed by atoms with Crippen molar-refractivity contribution < 1.29 is 0 Å². The number of nitrogens with zero attached hydrogens (tertiary/aromatic N) is 1. The Morgan fingerprint density at radius 3 is 2.60 bits per heavy atom. The van der Waals surface area contributed by atoms with Crippen molar-refractivity contribution >= 4 is 15.9 Å². The molecule has 0 radical (unpaired) electrons. The van der Waals surface area contributed by atoms with Gasteiger partial charge in [0.25, 0.3) is 0 Å². The van der Waals surface area contributed by atoms with Crippen molar-refractivity contribution in [2.75, 3.05) is 13.1 Å². The third kappa shape index (κ3) is 2.56. The Morgan fingerprint density at radius 1 is 1.05 bits per heavy atom. The first-order valence-corrected chi connectivity index (χ1v) is 8.88. The van der Waals surface area contributed by atoms with E-state index in [1.807, 2.05) is 0 Å². The van der Waals surface area contributed by atoms with E-state index in [-0.39, 0.29) is 0 Å². The van der Waals surface area contributed by atoms with Crippen LogP contribution in [-0.4, -0.2) is 30.1 Å². The average molecular weight is 335 g/mol. The highest BCUT2D eigenvalue weighted by atomic mass is 79.9. The lowest BCUT2D eigenvalue weighted by Crippen LogP contribution is -2.44. The summed E-state index contributed by atoms with van der Waals surface area (Å²) in [5.41, 5.74) is 3.06. The second-order valence-electron chi connectivity index (χ2n) is 6.61. The summed E-state index contributed by atoms with van der Waals surface area (Å²) in [4.78, 5) is 2.71. The lowest BCUT2D eigenvalue weighted by atomic mass is 10.0. The first-order valence-electron chi connectivity index (χ1n) is 8.08. The fraction of sp³-hybridized carbons (Fsp3) is 0.647. The summed E-state index contributed by atoms with van der Waals surface area (Å²) < 4.78 is 1.29. The molecule has 0 amide bonds. The molecule has 1 aliphatic heterocycles. The van der Waals surface area contributed by atoms with Crippen LogP contribution in [0.5, 0.6) is 0 Å². The third-order valence-corrected chi connectivity index (χ3v) is 5.99. The maximum absolute atomic E-state index is 3.93. The number of rotatable bonds is 3. The van der Waals surface area contributed by atoms with Crippen LogP contribution >= 0.6 is 15.9 Å². The monoisotopic (exact) mass is 334 g/mol. The Balaban J connectivity index is 1.38. The number of halogens is 1. The van der Waals surface area contributed by atoms with Crippen LogP contribution in [0.2, 0.25) is 0 Å². The minimum atomic E-state index is 0.583. The maximum Gasteiger partial charge on any atom is 0.0328 e. The number of fused-ring (bicyclic) bond motifs is 1. The van der Waals surface area contributed by atoms with Crippen molar-refractivity contribution in [2.45, 2.75) is 56.7 Å². The molecule has 1 N–H and O–H groups in total. The highest BCUT2D eigenvalue weighted by Gasteiger charge is 2.33. The number of likely N-dealkylation sites (tertiary alicyclic amines) is 1. The average Bonchev–Trinajstić information content (AvgIpc) is 3.23. The molecule has 4 rings (SSSR count). The molecular weight excluding hydrogens is 312 g/mol. The maximum atomic E-state index is 3.93. The van der Waals surface area contributed by atoms with E-state index in [9.17, 15) is 0 Å². The van der Waals surface area contributed by atoms with Crippen LogP contribution in [0, 0.1) is 0 Å². The van der Waals surface area contributed by atoms with E-state index in [0.29, 0.717) is 6.04 Å². The lowest BCUT2D eigenvalue weighted by molar-refractivity contribution is 0.183. The molecule has 1 aromatic carbocycles. The summed E-state index contributed by atoms with van der Waals surface area (Å²) in [5, 5.41) is 3.93. The van der Waals surface area contributed by atoms with Gasteiger partial charge in [-0.1, -0.05) is 28.1 Å². The standard InChI is InChI=1S/C17H23BrN2/c18-16-3-1-2-15-14(16)6-7-17(15)19-12-8-10-20(11-9-12)13-4-5-13/h1-3,12-13,17,19H,4-11H2. The molecule has 20 heavy (non-hydrogen) atoms. The van der Waals surface area contributed by atoms with Crippen LogP contribution in [0.25, 0.3) is 0 Å². The molecule has 1 aromatic rings. The molecule has 2 nitrogen and oxygen atoms in total. The second kappa shape index (κ2) is 5.43. The van der Waals surface area contributed by atoms with E-state index >= 15 is 0 Å². The van der Waals surface area contributed by atoms with Crippen molar-refractivity contribution in [3.05, 3.63) is 33.8 Å². The second-order valence-corrected chi connectivity index (χ2v) is 7.46. The Morgan fingerprint density at radius 2 is 1.85 bits per heavy atom. The fourth-order valence-corrected chi connectivity index (χ4v) is 4.52. The van der Waals surface area contributed by atoms with E-state index in [2.05, 4.69) is 44.3 Å². The van der Waals surface area contributed by atoms with Gasteiger partial charge in [-0.25, -0.2) is 0 Å². The van der Waals surface area contributed by atoms with Gasteiger partial charge in [-0.05, 0) is 68.8 Å². The molecule has 0 spiro atoms. The zero-order valence-electron chi connectivity index (χ0n) is 11.9. The van der Waals surface area contributed by atoms with Gasteiger partial charge in [0.2, 0.25) is 0 Å². The zero-order chi connectivity index (χ0) is 13.5. The SMILES string of the molecule is Brc1cccc2c1CCC2NC1CCN(C2CC2)CC1. The molecule has 3 aliphatic rings. The Hall–Kier alpha value is -0.380. The first-order chi connectivity index (χ1) is 9.81. The van der Waals surface area contributed by atoms with E-state index in [0.717, 1.165) is 12.1 Å². The minimum Gasteiger partial charge on any atom is -0.307 e. The predicted octanol–water partition coefficient (Wildman–Crippen LogP) is 3.65. The first kappa shape index (κ1) is 13.3. The number of benzene rings is 1. The van der Waals surface area contributed by atoms with Crippen LogP contribution in [0.15, 0.2) is 22.7 Å². The largest absolute Gasteiger partial charge is 0.307 e. The van der Waals surface area contributed by atoms with Gasteiger partial charge < -0.3 is 10.2 Å². The number of hydrogen-bond acceptors (Lipinski definition) is 2. The van der Waals surface area contributed by atoms with Crippen molar-refractivity contribution in [1.82, 2.24) is 10.2 Å². The highest BCUT2D eigenvalue weighted by molar-refractivity contribution is 9.10. The zero-order valence-corrected chi connectivity index (χ0v) is 13.5. The summed E-state index contributed by atoms with van der Waals surface area (Å²) in [5.74, 6) is 0. The van der Waals surface area contributed by atoms with Gasteiger partial charge in [-0.15, -0.1) is 0 Å². The number of piperidine rings is 1. The van der Waals surface area contributed by atoms with Crippen molar-refractivity contribution in [3.63, 3.8) is 0 Å². The summed E-state index contributed by atoms with van der Waals surface area (Å²) >= 11 is 3.70. The number of hydrogen-bond donors (Lipinski definition) is 1. The predicted molar refractivity (Wildman–Crippen MR) is 86.0 cm³/mol. The smallest absolute Gasteiger partial charge is 0.0328 e. The highest BCUT2D eigenvalue weighted by Crippen LogP contribution is 2.36. The van der Waals surface area contributed by atoms with Crippen LogP contribution in [0.4, 0.5) is 0 Å². The molecule has 1 saturated heterocycles. The van der Waals surface area contributed by atoms with Gasteiger partial charge in [0.15, 0.2) is 0 Å². The molecule has 2 aliphatic carbocycles. The van der Waals surface area contributed by atoms with Gasteiger partial charge in [0.05, 0.1) is 0 Å². The Bertz CT molecular complexity index is 490. The summed E-state index contributed by atoms with van der Waals surface area (Å²) in [7, 11) is 0. The molecule has 1 saturated carbocycles. The van der Waals surface area contributed by atoms with Crippen LogP contribution in [0.3, 0.4) is 0 Å². The van der Waals surface area contributed by atoms with Crippen molar-refractivity contribution in [1.29, 1.82) is 0 Å². The molecule has 1 unspecified atom stereocenters. The summed E-state index contributed by atoms with van der Waals surface area (Å²) in [6.07, 6.45) is 8.03. The van der Waals surface area contributed by atoms with Crippen LogP contribution in [-0.2, 0) is 6.42 Å². The molecule has 0 aromatic heterocycles. The Kier molecular flexibility index (Phi) is 3.61. The molecule has 1 atom stereocenters. The van der Waals surface area contributed by atoms with E-state index in [4.69, 9.17) is 0 Å². The van der Waals surface area contributed by atoms with E-state index in [1.54, 1.807) is 0 Å². The topological polar surface area (TPSA) is 15.3 Å². The molecule has 3 heteroatoms. The van der Waals surface area contributed by atoms with E-state index < -0.39 is 0 Å². The minimum absolute atomic E-state index is 0.583. The summed E-state index contributed by atoms with van der Waals surface area (Å²) in [6, 6.07) is 8.91. The molecule has 1 heterocycles. The van der Waals surface area contributed by atoms with Crippen LogP contribution in [0.1, 0.15) is 49.3 Å². The van der Waals surface area contributed by atoms with Gasteiger partial charge >= 0.3 is 0 Å². The van der Waals surface area contributed by atoms with Crippen molar-refractivity contribution in [2.24, 2.45) is 0 Å². The fourth-order valence-electron chi connectivity index (χ4n) is 3.94. The molecule has 2 fully saturated rings. The van der Waals surface area contributed by atoms with Crippen molar-refractivity contribution in [3.8, 4) is 0 Å². The Labute approximate surface area is 130 Å². The van der Waals surface area contributed by atoms with Gasteiger partial charge in [0, 0.05) is 22.6 Å². The molecular formula is C17H23BrN2. The van der Waals surface area contributed by atoms with Gasteiger partial charge in [-0.2, -0.15) is 0 Å². The lowest BCUT2D eigenvalue weighted by Gasteiger charge is -2.34. The van der Waals surface area contributed by atoms with Gasteiger partial charge in [-0.3, -0.25) is 0 Å². The third-order valence-electron chi connectivity index (χ3n) is 5.24. The number of nitrogens with one attached hydrogen (secondary N) is 1. The van der Waals surface area contributed by atoms with E-state index in [1.165, 1.54) is 67.2 Å². The van der Waals surface area contributed by atoms with Crippen LogP contribution < -0.4 is 5.32 Å². The molecule has 0 bridgehead atoms.